The Morgan fingerprint density at radius 2 is 1.96 bits per heavy atom. The highest BCUT2D eigenvalue weighted by Crippen LogP contribution is 2.32. The zero-order chi connectivity index (χ0) is 17.7. The van der Waals surface area contributed by atoms with Crippen molar-refractivity contribution >= 4 is 11.9 Å². The first-order valence-corrected chi connectivity index (χ1v) is 7.40. The number of ether oxygens (including phenoxy) is 1. The van der Waals surface area contributed by atoms with Gasteiger partial charge in [-0.25, -0.2) is 4.79 Å². The maximum Gasteiger partial charge on any atom is 0.416 e. The van der Waals surface area contributed by atoms with Gasteiger partial charge in [0.05, 0.1) is 12.1 Å². The van der Waals surface area contributed by atoms with Crippen LogP contribution in [-0.2, 0) is 11.0 Å². The highest BCUT2D eigenvalue weighted by atomic mass is 19.4. The van der Waals surface area contributed by atoms with Crippen LogP contribution in [0.2, 0.25) is 0 Å². The van der Waals surface area contributed by atoms with Crippen LogP contribution in [0.4, 0.5) is 18.0 Å². The van der Waals surface area contributed by atoms with Gasteiger partial charge in [0.15, 0.2) is 0 Å². The first-order valence-electron chi connectivity index (χ1n) is 7.40. The molecule has 1 aromatic rings. The number of nitrogens with zero attached hydrogens (tertiary/aromatic N) is 1. The van der Waals surface area contributed by atoms with Crippen LogP contribution >= 0.6 is 0 Å². The van der Waals surface area contributed by atoms with Crippen LogP contribution < -0.4 is 15.8 Å². The smallest absolute Gasteiger partial charge is 0.416 e. The summed E-state index contributed by atoms with van der Waals surface area (Å²) in [7, 11) is 0. The molecule has 6 nitrogen and oxygen atoms in total. The van der Waals surface area contributed by atoms with E-state index in [9.17, 15) is 22.8 Å². The lowest BCUT2D eigenvalue weighted by molar-refractivity contribution is -0.138. The molecule has 1 aliphatic heterocycles. The highest BCUT2D eigenvalue weighted by molar-refractivity contribution is 5.83. The average Bonchev–Trinajstić information content (AvgIpc) is 2.53. The molecule has 3 N–H and O–H groups in total. The molecule has 1 aromatic carbocycles. The fourth-order valence-electron chi connectivity index (χ4n) is 2.44. The molecule has 1 heterocycles. The van der Waals surface area contributed by atoms with Gasteiger partial charge in [-0.2, -0.15) is 13.2 Å². The number of primary amides is 1. The molecular formula is C15H18F3N3O3. The summed E-state index contributed by atoms with van der Waals surface area (Å²) >= 11 is 0. The first kappa shape index (κ1) is 17.9. The van der Waals surface area contributed by atoms with Crippen LogP contribution in [-0.4, -0.2) is 42.6 Å². The predicted octanol–water partition coefficient (Wildman–Crippen LogP) is 1.74. The number of piperidine rings is 1. The molecule has 1 saturated heterocycles. The Kier molecular flexibility index (Phi) is 5.53. The monoisotopic (exact) mass is 345 g/mol. The molecule has 1 fully saturated rings. The quantitative estimate of drug-likeness (QED) is 0.872. The lowest BCUT2D eigenvalue weighted by Crippen LogP contribution is -2.46. The van der Waals surface area contributed by atoms with E-state index >= 15 is 0 Å². The number of nitrogens with two attached hydrogens (primary N) is 1. The molecule has 0 unspecified atom stereocenters. The number of amides is 3. The summed E-state index contributed by atoms with van der Waals surface area (Å²) in [6, 6.07) is 3.95. The van der Waals surface area contributed by atoms with Gasteiger partial charge in [-0.3, -0.25) is 4.79 Å². The van der Waals surface area contributed by atoms with Crippen LogP contribution in [0.1, 0.15) is 18.4 Å². The zero-order valence-electron chi connectivity index (χ0n) is 12.8. The molecule has 1 aliphatic rings. The van der Waals surface area contributed by atoms with Gasteiger partial charge in [-0.05, 0) is 18.2 Å². The third kappa shape index (κ3) is 5.04. The van der Waals surface area contributed by atoms with Gasteiger partial charge in [0.25, 0.3) is 0 Å². The summed E-state index contributed by atoms with van der Waals surface area (Å²) in [5.74, 6) is -0.101. The van der Waals surface area contributed by atoms with Gasteiger partial charge >= 0.3 is 12.2 Å². The molecule has 0 bridgehead atoms. The van der Waals surface area contributed by atoms with Gasteiger partial charge in [0.1, 0.15) is 11.9 Å². The Labute approximate surface area is 136 Å². The van der Waals surface area contributed by atoms with Gasteiger partial charge in [0, 0.05) is 25.9 Å². The number of alkyl halides is 3. The average molecular weight is 345 g/mol. The van der Waals surface area contributed by atoms with E-state index in [4.69, 9.17) is 10.5 Å². The van der Waals surface area contributed by atoms with E-state index in [-0.39, 0.29) is 24.3 Å². The molecule has 0 radical (unpaired) electrons. The van der Waals surface area contributed by atoms with Crippen LogP contribution in [0.25, 0.3) is 0 Å². The maximum atomic E-state index is 12.7. The number of halogens is 3. The number of likely N-dealkylation sites (tertiary alicyclic amines) is 1. The van der Waals surface area contributed by atoms with Crippen LogP contribution in [0.3, 0.4) is 0 Å². The van der Waals surface area contributed by atoms with Crippen molar-refractivity contribution in [3.8, 4) is 5.75 Å². The minimum Gasteiger partial charge on any atom is -0.490 e. The van der Waals surface area contributed by atoms with Gasteiger partial charge in [-0.15, -0.1) is 0 Å². The minimum absolute atomic E-state index is 0.157. The standard InChI is InChI=1S/C15H18F3N3O3/c16-15(17,18)10-2-1-3-12(8-10)24-11-4-6-21(7-5-11)13(22)9-20-14(19)23/h1-3,8,11H,4-7,9H2,(H3,19,20,23). The molecule has 0 spiro atoms. The van der Waals surface area contributed by atoms with Crippen molar-refractivity contribution < 1.29 is 27.5 Å². The molecule has 2 rings (SSSR count). The Bertz CT molecular complexity index is 599. The SMILES string of the molecule is NC(=O)NCC(=O)N1CCC(Oc2cccc(C(F)(F)F)c2)CC1. The van der Waals surface area contributed by atoms with E-state index in [0.717, 1.165) is 12.1 Å². The van der Waals surface area contributed by atoms with Crippen LogP contribution in [0.15, 0.2) is 24.3 Å². The van der Waals surface area contributed by atoms with Crippen LogP contribution in [0.5, 0.6) is 5.75 Å². The number of hydrogen-bond donors (Lipinski definition) is 2. The second-order valence-electron chi connectivity index (χ2n) is 5.44. The summed E-state index contributed by atoms with van der Waals surface area (Å²) in [6.45, 7) is 0.639. The number of urea groups is 1. The predicted molar refractivity (Wildman–Crippen MR) is 79.3 cm³/mol. The number of benzene rings is 1. The normalized spacial score (nSPS) is 15.9. The lowest BCUT2D eigenvalue weighted by atomic mass is 10.1. The number of carbonyl (C=O) groups excluding carboxylic acids is 2. The lowest BCUT2D eigenvalue weighted by Gasteiger charge is -2.32. The molecule has 0 atom stereocenters. The topological polar surface area (TPSA) is 84.7 Å². The molecule has 24 heavy (non-hydrogen) atoms. The Hall–Kier alpha value is -2.45. The number of hydrogen-bond acceptors (Lipinski definition) is 3. The van der Waals surface area contributed by atoms with E-state index in [1.807, 2.05) is 0 Å². The molecular weight excluding hydrogens is 327 g/mol. The largest absolute Gasteiger partial charge is 0.490 e. The van der Waals surface area contributed by atoms with Crippen molar-refractivity contribution in [1.82, 2.24) is 10.2 Å². The van der Waals surface area contributed by atoms with E-state index in [0.29, 0.717) is 25.9 Å². The molecule has 3 amide bonds. The van der Waals surface area contributed by atoms with Gasteiger partial charge < -0.3 is 20.7 Å². The molecule has 0 aromatic heterocycles. The highest BCUT2D eigenvalue weighted by Gasteiger charge is 2.31. The van der Waals surface area contributed by atoms with E-state index in [2.05, 4.69) is 5.32 Å². The number of rotatable bonds is 4. The third-order valence-electron chi connectivity index (χ3n) is 3.67. The fraction of sp³-hybridized carbons (Fsp3) is 0.467. The number of carbonyl (C=O) groups is 2. The number of nitrogens with one attached hydrogen (secondary N) is 1. The molecule has 0 saturated carbocycles. The second-order valence-corrected chi connectivity index (χ2v) is 5.44. The van der Waals surface area contributed by atoms with Crippen molar-refractivity contribution in [1.29, 1.82) is 0 Å². The van der Waals surface area contributed by atoms with Gasteiger partial charge in [0.2, 0.25) is 5.91 Å². The van der Waals surface area contributed by atoms with Crippen molar-refractivity contribution in [3.05, 3.63) is 29.8 Å². The minimum atomic E-state index is -4.41. The Morgan fingerprint density at radius 3 is 2.54 bits per heavy atom. The van der Waals surface area contributed by atoms with Crippen molar-refractivity contribution in [2.75, 3.05) is 19.6 Å². The van der Waals surface area contributed by atoms with Crippen molar-refractivity contribution in [2.24, 2.45) is 5.73 Å². The van der Waals surface area contributed by atoms with Crippen molar-refractivity contribution in [2.45, 2.75) is 25.1 Å². The van der Waals surface area contributed by atoms with Crippen molar-refractivity contribution in [3.63, 3.8) is 0 Å². The van der Waals surface area contributed by atoms with Gasteiger partial charge in [-0.1, -0.05) is 6.07 Å². The van der Waals surface area contributed by atoms with E-state index in [1.54, 1.807) is 4.90 Å². The molecule has 0 aliphatic carbocycles. The maximum absolute atomic E-state index is 12.7. The Balaban J connectivity index is 1.85. The molecule has 9 heteroatoms. The molecule has 132 valence electrons. The first-order chi connectivity index (χ1) is 11.3. The zero-order valence-corrected chi connectivity index (χ0v) is 12.8. The Morgan fingerprint density at radius 1 is 1.29 bits per heavy atom. The third-order valence-corrected chi connectivity index (χ3v) is 3.67. The van der Waals surface area contributed by atoms with E-state index < -0.39 is 17.8 Å². The van der Waals surface area contributed by atoms with Crippen LogP contribution in [0, 0.1) is 0 Å². The summed E-state index contributed by atoms with van der Waals surface area (Å²) in [5.41, 5.74) is 4.14. The fourth-order valence-corrected chi connectivity index (χ4v) is 2.44. The van der Waals surface area contributed by atoms with E-state index in [1.165, 1.54) is 12.1 Å². The summed E-state index contributed by atoms with van der Waals surface area (Å²) in [5, 5.41) is 2.22. The second kappa shape index (κ2) is 7.41. The summed E-state index contributed by atoms with van der Waals surface area (Å²) in [6.07, 6.45) is -3.68. The summed E-state index contributed by atoms with van der Waals surface area (Å²) < 4.78 is 43.6. The summed E-state index contributed by atoms with van der Waals surface area (Å²) in [4.78, 5) is 24.0.